The zero-order chi connectivity index (χ0) is 13.5. The molecule has 1 aromatic rings. The van der Waals surface area contributed by atoms with Crippen molar-refractivity contribution < 1.29 is 9.53 Å². The molecule has 0 aromatic heterocycles. The van der Waals surface area contributed by atoms with E-state index in [1.54, 1.807) is 0 Å². The minimum absolute atomic E-state index is 0.0561. The van der Waals surface area contributed by atoms with E-state index in [4.69, 9.17) is 10.5 Å². The topological polar surface area (TPSA) is 64.4 Å². The number of nitrogens with one attached hydrogen (secondary N) is 1. The van der Waals surface area contributed by atoms with E-state index in [1.165, 1.54) is 12.8 Å². The van der Waals surface area contributed by atoms with Crippen molar-refractivity contribution in [1.82, 2.24) is 5.32 Å². The van der Waals surface area contributed by atoms with E-state index in [0.29, 0.717) is 19.1 Å². The van der Waals surface area contributed by atoms with Gasteiger partial charge in [-0.05, 0) is 43.4 Å². The summed E-state index contributed by atoms with van der Waals surface area (Å²) in [5.74, 6) is 0.0561. The number of benzene rings is 1. The van der Waals surface area contributed by atoms with Crippen molar-refractivity contribution in [2.24, 2.45) is 0 Å². The van der Waals surface area contributed by atoms with Crippen LogP contribution in [0.2, 0.25) is 0 Å². The highest BCUT2D eigenvalue weighted by Crippen LogP contribution is 2.14. The van der Waals surface area contributed by atoms with Crippen LogP contribution >= 0.6 is 0 Å². The van der Waals surface area contributed by atoms with Gasteiger partial charge in [0.25, 0.3) is 0 Å². The summed E-state index contributed by atoms with van der Waals surface area (Å²) < 4.78 is 5.63. The second-order valence-electron chi connectivity index (χ2n) is 5.05. The third-order valence-electron chi connectivity index (χ3n) is 3.41. The van der Waals surface area contributed by atoms with Crippen LogP contribution < -0.4 is 11.1 Å². The summed E-state index contributed by atoms with van der Waals surface area (Å²) in [6, 6.07) is 7.41. The predicted octanol–water partition coefficient (Wildman–Crippen LogP) is 1.89. The van der Waals surface area contributed by atoms with Crippen molar-refractivity contribution in [2.45, 2.75) is 38.2 Å². The van der Waals surface area contributed by atoms with Crippen molar-refractivity contribution in [1.29, 1.82) is 0 Å². The third kappa shape index (κ3) is 4.91. The predicted molar refractivity (Wildman–Crippen MR) is 75.8 cm³/mol. The molecule has 4 heteroatoms. The zero-order valence-electron chi connectivity index (χ0n) is 11.2. The zero-order valence-corrected chi connectivity index (χ0v) is 11.2. The molecular weight excluding hydrogens is 240 g/mol. The Hall–Kier alpha value is -1.55. The monoisotopic (exact) mass is 262 g/mol. The van der Waals surface area contributed by atoms with Crippen molar-refractivity contribution in [3.8, 4) is 0 Å². The van der Waals surface area contributed by atoms with E-state index in [9.17, 15) is 4.79 Å². The molecule has 104 valence electrons. The number of rotatable bonds is 5. The molecule has 1 heterocycles. The Morgan fingerprint density at radius 3 is 2.79 bits per heavy atom. The molecule has 0 saturated carbocycles. The maximum atomic E-state index is 11.8. The lowest BCUT2D eigenvalue weighted by molar-refractivity contribution is -0.120. The van der Waals surface area contributed by atoms with Gasteiger partial charge < -0.3 is 15.8 Å². The van der Waals surface area contributed by atoms with Gasteiger partial charge in [0.05, 0.1) is 12.5 Å². The first-order chi connectivity index (χ1) is 9.24. The van der Waals surface area contributed by atoms with Crippen molar-refractivity contribution in [3.05, 3.63) is 29.8 Å². The molecule has 1 aliphatic rings. The highest BCUT2D eigenvalue weighted by atomic mass is 16.5. The number of amides is 1. The highest BCUT2D eigenvalue weighted by molar-refractivity contribution is 5.78. The molecule has 1 unspecified atom stereocenters. The largest absolute Gasteiger partial charge is 0.399 e. The Kier molecular flexibility index (Phi) is 5.21. The van der Waals surface area contributed by atoms with E-state index in [2.05, 4.69) is 5.32 Å². The number of nitrogen functional groups attached to an aromatic ring is 1. The summed E-state index contributed by atoms with van der Waals surface area (Å²) in [6.45, 7) is 1.56. The smallest absolute Gasteiger partial charge is 0.224 e. The van der Waals surface area contributed by atoms with Crippen LogP contribution in [0.3, 0.4) is 0 Å². The van der Waals surface area contributed by atoms with Gasteiger partial charge >= 0.3 is 0 Å². The van der Waals surface area contributed by atoms with Crippen molar-refractivity contribution in [2.75, 3.05) is 18.9 Å². The summed E-state index contributed by atoms with van der Waals surface area (Å²) in [5, 5.41) is 2.94. The average molecular weight is 262 g/mol. The number of anilines is 1. The average Bonchev–Trinajstić information content (AvgIpc) is 2.43. The molecule has 0 bridgehead atoms. The summed E-state index contributed by atoms with van der Waals surface area (Å²) in [7, 11) is 0. The molecule has 0 radical (unpaired) electrons. The molecule has 1 fully saturated rings. The first-order valence-corrected chi connectivity index (χ1v) is 6.97. The molecule has 1 amide bonds. The maximum absolute atomic E-state index is 11.8. The molecule has 3 N–H and O–H groups in total. The molecule has 2 rings (SSSR count). The fourth-order valence-corrected chi connectivity index (χ4v) is 2.29. The second kappa shape index (κ2) is 7.14. The molecule has 4 nitrogen and oxygen atoms in total. The van der Waals surface area contributed by atoms with Crippen LogP contribution in [0, 0.1) is 0 Å². The van der Waals surface area contributed by atoms with Gasteiger partial charge in [-0.2, -0.15) is 0 Å². The van der Waals surface area contributed by atoms with E-state index in [-0.39, 0.29) is 5.91 Å². The van der Waals surface area contributed by atoms with Gasteiger partial charge in [0, 0.05) is 18.8 Å². The maximum Gasteiger partial charge on any atom is 0.224 e. The SMILES string of the molecule is Nc1ccc(CC(=O)NCCC2CCCCO2)cc1. The fraction of sp³-hybridized carbons (Fsp3) is 0.533. The van der Waals surface area contributed by atoms with Gasteiger partial charge in [0.15, 0.2) is 0 Å². The number of nitrogens with two attached hydrogens (primary N) is 1. The van der Waals surface area contributed by atoms with Crippen LogP contribution in [0.4, 0.5) is 5.69 Å². The number of hydrogen-bond donors (Lipinski definition) is 2. The van der Waals surface area contributed by atoms with Gasteiger partial charge in [0.2, 0.25) is 5.91 Å². The molecule has 1 saturated heterocycles. The Morgan fingerprint density at radius 2 is 2.11 bits per heavy atom. The molecule has 0 spiro atoms. The van der Waals surface area contributed by atoms with E-state index < -0.39 is 0 Å². The second-order valence-corrected chi connectivity index (χ2v) is 5.05. The first-order valence-electron chi connectivity index (χ1n) is 6.97. The van der Waals surface area contributed by atoms with Gasteiger partial charge in [-0.3, -0.25) is 4.79 Å². The van der Waals surface area contributed by atoms with Crippen LogP contribution in [0.15, 0.2) is 24.3 Å². The van der Waals surface area contributed by atoms with E-state index in [1.807, 2.05) is 24.3 Å². The van der Waals surface area contributed by atoms with E-state index >= 15 is 0 Å². The Morgan fingerprint density at radius 1 is 1.32 bits per heavy atom. The molecule has 1 aromatic carbocycles. The minimum Gasteiger partial charge on any atom is -0.399 e. The highest BCUT2D eigenvalue weighted by Gasteiger charge is 2.13. The molecule has 1 aliphatic heterocycles. The summed E-state index contributed by atoms with van der Waals surface area (Å²) in [6.07, 6.45) is 5.17. The first kappa shape index (κ1) is 13.9. The Labute approximate surface area is 114 Å². The summed E-state index contributed by atoms with van der Waals surface area (Å²) >= 11 is 0. The standard InChI is InChI=1S/C15H22N2O2/c16-13-6-4-12(5-7-13)11-15(18)17-9-8-14-3-1-2-10-19-14/h4-7,14H,1-3,8-11,16H2,(H,17,18). The van der Waals surface area contributed by atoms with Gasteiger partial charge in [-0.25, -0.2) is 0 Å². The van der Waals surface area contributed by atoms with Crippen LogP contribution in [-0.2, 0) is 16.0 Å². The van der Waals surface area contributed by atoms with Crippen molar-refractivity contribution in [3.63, 3.8) is 0 Å². The van der Waals surface area contributed by atoms with Crippen LogP contribution in [-0.4, -0.2) is 25.2 Å². The van der Waals surface area contributed by atoms with Crippen molar-refractivity contribution >= 4 is 11.6 Å². The molecule has 0 aliphatic carbocycles. The van der Waals surface area contributed by atoms with Crippen LogP contribution in [0.5, 0.6) is 0 Å². The van der Waals surface area contributed by atoms with Gasteiger partial charge in [-0.1, -0.05) is 12.1 Å². The van der Waals surface area contributed by atoms with Crippen LogP contribution in [0.1, 0.15) is 31.2 Å². The third-order valence-corrected chi connectivity index (χ3v) is 3.41. The lowest BCUT2D eigenvalue weighted by atomic mass is 10.1. The van der Waals surface area contributed by atoms with E-state index in [0.717, 1.165) is 30.7 Å². The lowest BCUT2D eigenvalue weighted by Gasteiger charge is -2.22. The number of carbonyl (C=O) groups is 1. The minimum atomic E-state index is 0.0561. The van der Waals surface area contributed by atoms with Crippen LogP contribution in [0.25, 0.3) is 0 Å². The van der Waals surface area contributed by atoms with Gasteiger partial charge in [-0.15, -0.1) is 0 Å². The normalized spacial score (nSPS) is 19.1. The van der Waals surface area contributed by atoms with Gasteiger partial charge in [0.1, 0.15) is 0 Å². The Balaban J connectivity index is 1.65. The molecule has 19 heavy (non-hydrogen) atoms. The summed E-state index contributed by atoms with van der Waals surface area (Å²) in [5.41, 5.74) is 7.31. The number of hydrogen-bond acceptors (Lipinski definition) is 3. The summed E-state index contributed by atoms with van der Waals surface area (Å²) in [4.78, 5) is 11.8. The lowest BCUT2D eigenvalue weighted by Crippen LogP contribution is -2.30. The quantitative estimate of drug-likeness (QED) is 0.796. The number of carbonyl (C=O) groups excluding carboxylic acids is 1. The molecular formula is C15H22N2O2. The number of ether oxygens (including phenoxy) is 1. The Bertz CT molecular complexity index is 397. The fourth-order valence-electron chi connectivity index (χ4n) is 2.29. The molecule has 1 atom stereocenters.